The zero-order chi connectivity index (χ0) is 10.8. The van der Waals surface area contributed by atoms with E-state index in [1.165, 1.54) is 0 Å². The quantitative estimate of drug-likeness (QED) is 0.801. The number of rotatable bonds is 2. The minimum atomic E-state index is -4.87. The molecule has 0 unspecified atom stereocenters. The fraction of sp³-hybridized carbons (Fsp3) is 0.143. The molecule has 0 spiro atoms. The van der Waals surface area contributed by atoms with Crippen molar-refractivity contribution >= 4 is 5.97 Å². The van der Waals surface area contributed by atoms with Crippen molar-refractivity contribution in [1.82, 2.24) is 4.98 Å². The third-order valence-corrected chi connectivity index (χ3v) is 1.16. The van der Waals surface area contributed by atoms with Crippen LogP contribution in [0.1, 0.15) is 10.5 Å². The summed E-state index contributed by atoms with van der Waals surface area (Å²) in [5, 5.41) is 8.41. The molecule has 0 bridgehead atoms. The lowest BCUT2D eigenvalue weighted by atomic mass is 10.3. The molecule has 1 aromatic rings. The van der Waals surface area contributed by atoms with Gasteiger partial charge in [-0.25, -0.2) is 9.78 Å². The summed E-state index contributed by atoms with van der Waals surface area (Å²) < 4.78 is 38.4. The number of pyridine rings is 1. The number of hydrogen-bond acceptors (Lipinski definition) is 3. The average Bonchev–Trinajstić information content (AvgIpc) is 2.01. The molecule has 7 heteroatoms. The van der Waals surface area contributed by atoms with Gasteiger partial charge in [0.15, 0.2) is 5.69 Å². The first-order valence-electron chi connectivity index (χ1n) is 3.34. The Labute approximate surface area is 75.9 Å². The maximum absolute atomic E-state index is 11.7. The molecule has 0 aliphatic heterocycles. The third-order valence-electron chi connectivity index (χ3n) is 1.16. The van der Waals surface area contributed by atoms with Gasteiger partial charge in [-0.1, -0.05) is 6.07 Å². The second kappa shape index (κ2) is 3.52. The van der Waals surface area contributed by atoms with E-state index >= 15 is 0 Å². The summed E-state index contributed by atoms with van der Waals surface area (Å²) >= 11 is 0. The van der Waals surface area contributed by atoms with E-state index in [2.05, 4.69) is 9.72 Å². The number of hydrogen-bond donors (Lipinski definition) is 1. The fourth-order valence-electron chi connectivity index (χ4n) is 0.709. The molecule has 0 saturated heterocycles. The standard InChI is InChI=1S/C7H4F3NO3/c8-7(9,10)14-5-3-1-2-4(11-5)6(12)13/h1-3H,(H,12,13). The van der Waals surface area contributed by atoms with E-state index in [1.807, 2.05) is 0 Å². The van der Waals surface area contributed by atoms with Crippen LogP contribution < -0.4 is 4.74 Å². The lowest BCUT2D eigenvalue weighted by Crippen LogP contribution is -2.18. The second-order valence-electron chi connectivity index (χ2n) is 2.21. The molecule has 0 atom stereocenters. The topological polar surface area (TPSA) is 59.4 Å². The largest absolute Gasteiger partial charge is 0.574 e. The molecule has 1 heterocycles. The van der Waals surface area contributed by atoms with E-state index in [4.69, 9.17) is 5.11 Å². The maximum Gasteiger partial charge on any atom is 0.574 e. The highest BCUT2D eigenvalue weighted by Crippen LogP contribution is 2.20. The Morgan fingerprint density at radius 2 is 2.07 bits per heavy atom. The molecule has 0 aliphatic carbocycles. The molecule has 4 nitrogen and oxygen atoms in total. The van der Waals surface area contributed by atoms with Gasteiger partial charge in [-0.05, 0) is 6.07 Å². The van der Waals surface area contributed by atoms with Gasteiger partial charge in [-0.2, -0.15) is 0 Å². The monoisotopic (exact) mass is 207 g/mol. The zero-order valence-electron chi connectivity index (χ0n) is 6.58. The van der Waals surface area contributed by atoms with Crippen LogP contribution in [-0.4, -0.2) is 22.4 Å². The lowest BCUT2D eigenvalue weighted by molar-refractivity contribution is -0.276. The van der Waals surface area contributed by atoms with Crippen molar-refractivity contribution in [3.05, 3.63) is 23.9 Å². The summed E-state index contributed by atoms with van der Waals surface area (Å²) in [7, 11) is 0. The number of ether oxygens (including phenoxy) is 1. The molecule has 0 amide bonds. The van der Waals surface area contributed by atoms with Gasteiger partial charge in [0.05, 0.1) is 0 Å². The number of carboxylic acids is 1. The molecular formula is C7H4F3NO3. The molecule has 0 aliphatic rings. The lowest BCUT2D eigenvalue weighted by Gasteiger charge is -2.07. The smallest absolute Gasteiger partial charge is 0.477 e. The van der Waals surface area contributed by atoms with Crippen LogP contribution in [0.4, 0.5) is 13.2 Å². The van der Waals surface area contributed by atoms with Crippen LogP contribution in [0.3, 0.4) is 0 Å². The fourth-order valence-corrected chi connectivity index (χ4v) is 0.709. The molecule has 1 N–H and O–H groups in total. The van der Waals surface area contributed by atoms with Gasteiger partial charge < -0.3 is 9.84 Å². The molecule has 0 aromatic carbocycles. The molecule has 76 valence electrons. The van der Waals surface area contributed by atoms with Crippen LogP contribution >= 0.6 is 0 Å². The number of aromatic carboxylic acids is 1. The first-order valence-corrected chi connectivity index (χ1v) is 3.34. The predicted octanol–water partition coefficient (Wildman–Crippen LogP) is 1.68. The van der Waals surface area contributed by atoms with Crippen LogP contribution in [0.2, 0.25) is 0 Å². The summed E-state index contributed by atoms with van der Waals surface area (Å²) in [6.45, 7) is 0. The molecule has 0 saturated carbocycles. The highest BCUT2D eigenvalue weighted by atomic mass is 19.4. The number of nitrogens with zero attached hydrogens (tertiary/aromatic N) is 1. The number of halogens is 3. The third kappa shape index (κ3) is 2.92. The zero-order valence-corrected chi connectivity index (χ0v) is 6.58. The summed E-state index contributed by atoms with van der Waals surface area (Å²) in [6.07, 6.45) is -4.87. The van der Waals surface area contributed by atoms with Gasteiger partial charge >= 0.3 is 12.3 Å². The van der Waals surface area contributed by atoms with Crippen LogP contribution in [0, 0.1) is 0 Å². The molecule has 14 heavy (non-hydrogen) atoms. The van der Waals surface area contributed by atoms with Gasteiger partial charge in [0, 0.05) is 6.07 Å². The van der Waals surface area contributed by atoms with E-state index < -0.39 is 23.9 Å². The van der Waals surface area contributed by atoms with E-state index in [0.29, 0.717) is 0 Å². The number of alkyl halides is 3. The summed E-state index contributed by atoms with van der Waals surface area (Å²) in [5.41, 5.74) is -0.508. The van der Waals surface area contributed by atoms with Crippen molar-refractivity contribution in [2.75, 3.05) is 0 Å². The van der Waals surface area contributed by atoms with E-state index in [9.17, 15) is 18.0 Å². The van der Waals surface area contributed by atoms with Crippen molar-refractivity contribution < 1.29 is 27.8 Å². The van der Waals surface area contributed by atoms with Gasteiger partial charge in [-0.3, -0.25) is 0 Å². The van der Waals surface area contributed by atoms with Crippen molar-refractivity contribution in [3.8, 4) is 5.88 Å². The molecule has 1 rings (SSSR count). The Morgan fingerprint density at radius 1 is 1.43 bits per heavy atom. The average molecular weight is 207 g/mol. The van der Waals surface area contributed by atoms with Crippen LogP contribution in [0.5, 0.6) is 5.88 Å². The Hall–Kier alpha value is -1.79. The molecule has 1 aromatic heterocycles. The van der Waals surface area contributed by atoms with E-state index in [0.717, 1.165) is 18.2 Å². The predicted molar refractivity (Wildman–Crippen MR) is 37.9 cm³/mol. The summed E-state index contributed by atoms with van der Waals surface area (Å²) in [4.78, 5) is 13.4. The normalized spacial score (nSPS) is 11.1. The Balaban J connectivity index is 2.89. The van der Waals surface area contributed by atoms with Crippen molar-refractivity contribution in [2.24, 2.45) is 0 Å². The first kappa shape index (κ1) is 10.3. The van der Waals surface area contributed by atoms with Gasteiger partial charge in [0.1, 0.15) is 0 Å². The van der Waals surface area contributed by atoms with Crippen molar-refractivity contribution in [1.29, 1.82) is 0 Å². The minimum absolute atomic E-state index is 0.508. The van der Waals surface area contributed by atoms with Crippen molar-refractivity contribution in [3.63, 3.8) is 0 Å². The molecule has 0 fully saturated rings. The van der Waals surface area contributed by atoms with Crippen LogP contribution in [0.15, 0.2) is 18.2 Å². The SMILES string of the molecule is O=C(O)c1cccc(OC(F)(F)F)n1. The highest BCUT2D eigenvalue weighted by molar-refractivity contribution is 5.85. The number of aromatic nitrogens is 1. The Kier molecular flexibility index (Phi) is 2.59. The van der Waals surface area contributed by atoms with Gasteiger partial charge in [0.2, 0.25) is 5.88 Å². The van der Waals surface area contributed by atoms with Gasteiger partial charge in [0.25, 0.3) is 0 Å². The Morgan fingerprint density at radius 3 is 2.57 bits per heavy atom. The highest BCUT2D eigenvalue weighted by Gasteiger charge is 2.31. The summed E-state index contributed by atoms with van der Waals surface area (Å²) in [5.74, 6) is -2.21. The first-order chi connectivity index (χ1) is 6.38. The van der Waals surface area contributed by atoms with Gasteiger partial charge in [-0.15, -0.1) is 13.2 Å². The molecule has 0 radical (unpaired) electrons. The van der Waals surface area contributed by atoms with Crippen LogP contribution in [0.25, 0.3) is 0 Å². The van der Waals surface area contributed by atoms with E-state index in [-0.39, 0.29) is 0 Å². The van der Waals surface area contributed by atoms with Crippen molar-refractivity contribution in [2.45, 2.75) is 6.36 Å². The Bertz CT molecular complexity index is 350. The summed E-state index contributed by atoms with van der Waals surface area (Å²) in [6, 6.07) is 3.09. The minimum Gasteiger partial charge on any atom is -0.477 e. The number of carbonyl (C=O) groups is 1. The molecular weight excluding hydrogens is 203 g/mol. The van der Waals surface area contributed by atoms with E-state index in [1.54, 1.807) is 0 Å². The number of carboxylic acid groups (broad SMARTS) is 1. The van der Waals surface area contributed by atoms with Crippen LogP contribution in [-0.2, 0) is 0 Å². The maximum atomic E-state index is 11.7. The second-order valence-corrected chi connectivity index (χ2v) is 2.21.